The summed E-state index contributed by atoms with van der Waals surface area (Å²) in [7, 11) is 1.78. The Balaban J connectivity index is 1.29. The monoisotopic (exact) mass is 444 g/mol. The van der Waals surface area contributed by atoms with Gasteiger partial charge in [-0.3, -0.25) is 4.68 Å². The molecule has 2 aliphatic rings. The lowest BCUT2D eigenvalue weighted by atomic mass is 9.87. The molecule has 0 saturated heterocycles. The minimum Gasteiger partial charge on any atom is -0.381 e. The molecule has 0 aliphatic heterocycles. The SMILES string of the molecule is CO[C@H]1CC[C@H](n2nccc2-c2c[nH]c3nc(NCC4CCC(F)(F)CC4)ncc23)CC1. The predicted molar refractivity (Wildman–Crippen MR) is 119 cm³/mol. The van der Waals surface area contributed by atoms with Crippen molar-refractivity contribution in [2.45, 2.75) is 69.4 Å². The van der Waals surface area contributed by atoms with E-state index in [4.69, 9.17) is 4.74 Å². The third-order valence-electron chi connectivity index (χ3n) is 7.09. The first-order valence-corrected chi connectivity index (χ1v) is 11.5. The molecule has 7 nitrogen and oxygen atoms in total. The minimum absolute atomic E-state index is 0.0277. The Morgan fingerprint density at radius 1 is 1.19 bits per heavy atom. The second kappa shape index (κ2) is 8.77. The van der Waals surface area contributed by atoms with E-state index >= 15 is 0 Å². The van der Waals surface area contributed by atoms with Crippen LogP contribution < -0.4 is 5.32 Å². The minimum atomic E-state index is -2.50. The zero-order valence-corrected chi connectivity index (χ0v) is 18.4. The molecule has 0 aromatic carbocycles. The van der Waals surface area contributed by atoms with E-state index in [1.807, 2.05) is 24.7 Å². The number of hydrogen-bond acceptors (Lipinski definition) is 5. The lowest BCUT2D eigenvalue weighted by Gasteiger charge is -2.28. The summed E-state index contributed by atoms with van der Waals surface area (Å²) in [6, 6.07) is 2.40. The molecule has 0 bridgehead atoms. The molecule has 2 fully saturated rings. The summed E-state index contributed by atoms with van der Waals surface area (Å²) >= 11 is 0. The predicted octanol–water partition coefficient (Wildman–Crippen LogP) is 5.19. The fraction of sp³-hybridized carbons (Fsp3) is 0.609. The molecule has 0 radical (unpaired) electrons. The number of hydrogen-bond donors (Lipinski definition) is 2. The number of halogens is 2. The number of H-pyrrole nitrogens is 1. The van der Waals surface area contributed by atoms with Crippen LogP contribution in [0.5, 0.6) is 0 Å². The van der Waals surface area contributed by atoms with Gasteiger partial charge in [0.15, 0.2) is 0 Å². The second-order valence-electron chi connectivity index (χ2n) is 9.17. The maximum absolute atomic E-state index is 13.4. The zero-order valence-electron chi connectivity index (χ0n) is 18.4. The average Bonchev–Trinajstić information content (AvgIpc) is 3.45. The van der Waals surface area contributed by atoms with Crippen LogP contribution in [0.15, 0.2) is 24.7 Å². The van der Waals surface area contributed by atoms with Gasteiger partial charge in [-0.2, -0.15) is 10.1 Å². The first-order chi connectivity index (χ1) is 15.5. The topological polar surface area (TPSA) is 80.7 Å². The van der Waals surface area contributed by atoms with Crippen molar-refractivity contribution in [2.24, 2.45) is 5.92 Å². The first-order valence-electron chi connectivity index (χ1n) is 11.5. The molecule has 2 aliphatic carbocycles. The summed E-state index contributed by atoms with van der Waals surface area (Å²) in [5, 5.41) is 8.80. The molecular weight excluding hydrogens is 414 g/mol. The van der Waals surface area contributed by atoms with E-state index in [-0.39, 0.29) is 18.8 Å². The Labute approximate surface area is 186 Å². The Kier molecular flexibility index (Phi) is 5.84. The third kappa shape index (κ3) is 4.35. The van der Waals surface area contributed by atoms with Crippen molar-refractivity contribution in [1.82, 2.24) is 24.7 Å². The molecule has 0 unspecified atom stereocenters. The van der Waals surface area contributed by atoms with Crippen molar-refractivity contribution < 1.29 is 13.5 Å². The highest BCUT2D eigenvalue weighted by molar-refractivity contribution is 5.92. The van der Waals surface area contributed by atoms with Crippen LogP contribution in [0.1, 0.15) is 57.4 Å². The summed E-state index contributed by atoms with van der Waals surface area (Å²) in [6.45, 7) is 0.617. The number of nitrogens with zero attached hydrogens (tertiary/aromatic N) is 4. The standard InChI is InChI=1S/C23H30F2N6O/c1-32-17-4-2-16(3-5-17)31-20(8-11-29-31)18-13-26-21-19(18)14-28-22(30-21)27-12-15-6-9-23(24,25)10-7-15/h8,11,13-17H,2-7,9-10,12H2,1H3,(H2,26,27,28,30)/t16-,17-. The number of methoxy groups -OCH3 is 1. The second-order valence-corrected chi connectivity index (χ2v) is 9.17. The van der Waals surface area contributed by atoms with E-state index < -0.39 is 5.92 Å². The van der Waals surface area contributed by atoms with Gasteiger partial charge in [0, 0.05) is 56.0 Å². The van der Waals surface area contributed by atoms with E-state index in [9.17, 15) is 8.78 Å². The van der Waals surface area contributed by atoms with Gasteiger partial charge in [0.05, 0.1) is 17.8 Å². The zero-order chi connectivity index (χ0) is 22.1. The molecule has 9 heteroatoms. The maximum atomic E-state index is 13.4. The lowest BCUT2D eigenvalue weighted by molar-refractivity contribution is -0.0443. The van der Waals surface area contributed by atoms with Crippen LogP contribution in [-0.4, -0.2) is 50.4 Å². The van der Waals surface area contributed by atoms with Crippen LogP contribution in [0.4, 0.5) is 14.7 Å². The maximum Gasteiger partial charge on any atom is 0.248 e. The molecule has 0 amide bonds. The number of alkyl halides is 2. The van der Waals surface area contributed by atoms with Crippen molar-refractivity contribution in [1.29, 1.82) is 0 Å². The number of anilines is 1. The van der Waals surface area contributed by atoms with Crippen molar-refractivity contribution in [3.05, 3.63) is 24.7 Å². The van der Waals surface area contributed by atoms with Crippen LogP contribution >= 0.6 is 0 Å². The molecular formula is C23H30F2N6O. The molecule has 32 heavy (non-hydrogen) atoms. The molecule has 5 rings (SSSR count). The Morgan fingerprint density at radius 2 is 1.97 bits per heavy atom. The quantitative estimate of drug-likeness (QED) is 0.547. The number of ether oxygens (including phenoxy) is 1. The molecule has 172 valence electrons. The summed E-state index contributed by atoms with van der Waals surface area (Å²) in [5.74, 6) is -1.74. The number of rotatable bonds is 6. The molecule has 3 aromatic heterocycles. The van der Waals surface area contributed by atoms with Crippen LogP contribution in [0.3, 0.4) is 0 Å². The molecule has 0 atom stereocenters. The van der Waals surface area contributed by atoms with Crippen molar-refractivity contribution in [3.8, 4) is 11.3 Å². The van der Waals surface area contributed by atoms with E-state index in [1.165, 1.54) is 0 Å². The summed E-state index contributed by atoms with van der Waals surface area (Å²) in [4.78, 5) is 12.4. The normalized spacial score (nSPS) is 24.1. The highest BCUT2D eigenvalue weighted by Crippen LogP contribution is 2.37. The highest BCUT2D eigenvalue weighted by atomic mass is 19.3. The average molecular weight is 445 g/mol. The summed E-state index contributed by atoms with van der Waals surface area (Å²) < 4.78 is 34.3. The van der Waals surface area contributed by atoms with Crippen molar-refractivity contribution in [3.63, 3.8) is 0 Å². The highest BCUT2D eigenvalue weighted by Gasteiger charge is 2.34. The van der Waals surface area contributed by atoms with Gasteiger partial charge in [-0.25, -0.2) is 13.8 Å². The van der Waals surface area contributed by atoms with Crippen molar-refractivity contribution in [2.75, 3.05) is 19.0 Å². The fourth-order valence-electron chi connectivity index (χ4n) is 5.09. The van der Waals surface area contributed by atoms with E-state index in [0.717, 1.165) is 48.0 Å². The van der Waals surface area contributed by atoms with E-state index in [1.54, 1.807) is 7.11 Å². The van der Waals surface area contributed by atoms with Crippen LogP contribution in [0, 0.1) is 5.92 Å². The Bertz CT molecular complexity index is 1050. The Morgan fingerprint density at radius 3 is 2.72 bits per heavy atom. The lowest BCUT2D eigenvalue weighted by Crippen LogP contribution is -2.28. The van der Waals surface area contributed by atoms with Gasteiger partial charge in [0.2, 0.25) is 11.9 Å². The van der Waals surface area contributed by atoms with Crippen LogP contribution in [-0.2, 0) is 4.74 Å². The smallest absolute Gasteiger partial charge is 0.248 e. The summed E-state index contributed by atoms with van der Waals surface area (Å²) in [5.41, 5.74) is 2.85. The number of fused-ring (bicyclic) bond motifs is 1. The van der Waals surface area contributed by atoms with Crippen LogP contribution in [0.2, 0.25) is 0 Å². The van der Waals surface area contributed by atoms with Gasteiger partial charge in [0.25, 0.3) is 0 Å². The van der Waals surface area contributed by atoms with Crippen LogP contribution in [0.25, 0.3) is 22.3 Å². The Hall–Kier alpha value is -2.55. The number of aromatic amines is 1. The first kappa shape index (κ1) is 21.3. The fourth-order valence-corrected chi connectivity index (χ4v) is 5.09. The number of nitrogens with one attached hydrogen (secondary N) is 2. The van der Waals surface area contributed by atoms with E-state index in [2.05, 4.69) is 30.0 Å². The van der Waals surface area contributed by atoms with Gasteiger partial charge in [-0.1, -0.05) is 0 Å². The molecule has 2 saturated carbocycles. The molecule has 3 aromatic rings. The van der Waals surface area contributed by atoms with Gasteiger partial charge in [0.1, 0.15) is 5.65 Å². The largest absolute Gasteiger partial charge is 0.381 e. The van der Waals surface area contributed by atoms with Crippen molar-refractivity contribution >= 4 is 17.0 Å². The van der Waals surface area contributed by atoms with Gasteiger partial charge < -0.3 is 15.0 Å². The summed E-state index contributed by atoms with van der Waals surface area (Å²) in [6.07, 6.45) is 11.2. The molecule has 2 N–H and O–H groups in total. The van der Waals surface area contributed by atoms with Gasteiger partial charge >= 0.3 is 0 Å². The third-order valence-corrected chi connectivity index (χ3v) is 7.09. The van der Waals surface area contributed by atoms with E-state index in [0.29, 0.717) is 37.5 Å². The molecule has 3 heterocycles. The van der Waals surface area contributed by atoms with Gasteiger partial charge in [-0.15, -0.1) is 0 Å². The molecule has 0 spiro atoms. The number of aromatic nitrogens is 5. The van der Waals surface area contributed by atoms with Gasteiger partial charge in [-0.05, 0) is 50.5 Å².